The molecule has 0 bridgehead atoms. The zero-order valence-electron chi connectivity index (χ0n) is 15.5. The van der Waals surface area contributed by atoms with E-state index < -0.39 is 0 Å². The molecule has 3 rings (SSSR count). The van der Waals surface area contributed by atoms with Crippen molar-refractivity contribution < 1.29 is 9.59 Å². The summed E-state index contributed by atoms with van der Waals surface area (Å²) in [7, 11) is 0. The predicted molar refractivity (Wildman–Crippen MR) is 121 cm³/mol. The largest absolute Gasteiger partial charge is 0.348 e. The summed E-state index contributed by atoms with van der Waals surface area (Å²) in [6.45, 7) is 3.80. The molecular weight excluding hydrogens is 448 g/mol. The van der Waals surface area contributed by atoms with Crippen LogP contribution in [0.2, 0.25) is 0 Å². The minimum atomic E-state index is -0.228. The van der Waals surface area contributed by atoms with E-state index in [0.29, 0.717) is 12.1 Å². The lowest BCUT2D eigenvalue weighted by Gasteiger charge is -2.08. The van der Waals surface area contributed by atoms with Crippen LogP contribution < -0.4 is 10.6 Å². The van der Waals surface area contributed by atoms with Crippen LogP contribution in [0.1, 0.15) is 15.9 Å². The van der Waals surface area contributed by atoms with Gasteiger partial charge in [-0.15, -0.1) is 0 Å². The molecule has 0 spiro atoms. The number of halogens is 1. The van der Waals surface area contributed by atoms with Gasteiger partial charge in [0.05, 0.1) is 0 Å². The molecule has 0 saturated carbocycles. The number of nitrogens with one attached hydrogen (secondary N) is 2. The van der Waals surface area contributed by atoms with E-state index >= 15 is 0 Å². The van der Waals surface area contributed by atoms with E-state index in [9.17, 15) is 9.59 Å². The molecule has 0 aliphatic carbocycles. The predicted octanol–water partition coefficient (Wildman–Crippen LogP) is 5.65. The smallest absolute Gasteiger partial charge is 0.255 e. The highest BCUT2D eigenvalue weighted by Crippen LogP contribution is 2.29. The number of hydrogen-bond donors (Lipinski definition) is 2. The third-order valence-electron chi connectivity index (χ3n) is 4.03. The average Bonchev–Trinajstić information content (AvgIpc) is 2.75. The summed E-state index contributed by atoms with van der Waals surface area (Å²) in [5.41, 5.74) is 2.20. The Kier molecular flexibility index (Phi) is 7.27. The van der Waals surface area contributed by atoms with E-state index in [2.05, 4.69) is 45.3 Å². The van der Waals surface area contributed by atoms with E-state index in [4.69, 9.17) is 0 Å². The molecule has 2 N–H and O–H groups in total. The lowest BCUT2D eigenvalue weighted by atomic mass is 10.1. The Bertz CT molecular complexity index is 1000. The molecule has 2 amide bonds. The van der Waals surface area contributed by atoms with Crippen molar-refractivity contribution in [3.63, 3.8) is 0 Å². The standard InChI is InChI=1S/C23H19BrN2O2S/c1-2-22(27)25-15-16-3-5-17(6-4-16)23(28)26-19-9-13-21(14-10-19)29-20-11-7-18(24)8-12-20/h2-14H,1,15H2,(H,25,27)(H,26,28). The van der Waals surface area contributed by atoms with Crippen LogP contribution in [0.5, 0.6) is 0 Å². The summed E-state index contributed by atoms with van der Waals surface area (Å²) in [6, 6.07) is 23.0. The van der Waals surface area contributed by atoms with Crippen molar-refractivity contribution in [3.8, 4) is 0 Å². The van der Waals surface area contributed by atoms with Gasteiger partial charge in [-0.2, -0.15) is 0 Å². The average molecular weight is 467 g/mol. The van der Waals surface area contributed by atoms with Crippen molar-refractivity contribution in [1.29, 1.82) is 0 Å². The number of carbonyl (C=O) groups excluding carboxylic acids is 2. The van der Waals surface area contributed by atoms with Crippen molar-refractivity contribution in [3.05, 3.63) is 101 Å². The normalized spacial score (nSPS) is 10.2. The molecule has 0 saturated heterocycles. The van der Waals surface area contributed by atoms with Gasteiger partial charge in [0.2, 0.25) is 5.91 Å². The Morgan fingerprint density at radius 2 is 1.48 bits per heavy atom. The van der Waals surface area contributed by atoms with E-state index in [0.717, 1.165) is 25.5 Å². The number of hydrogen-bond acceptors (Lipinski definition) is 3. The molecule has 0 heterocycles. The highest BCUT2D eigenvalue weighted by Gasteiger charge is 2.07. The second-order valence-electron chi connectivity index (χ2n) is 6.15. The van der Waals surface area contributed by atoms with Gasteiger partial charge in [0, 0.05) is 32.1 Å². The lowest BCUT2D eigenvalue weighted by Crippen LogP contribution is -2.20. The summed E-state index contributed by atoms with van der Waals surface area (Å²) in [5, 5.41) is 5.60. The van der Waals surface area contributed by atoms with Crippen LogP contribution in [-0.4, -0.2) is 11.8 Å². The zero-order chi connectivity index (χ0) is 20.6. The molecule has 0 aromatic heterocycles. The minimum absolute atomic E-state index is 0.181. The summed E-state index contributed by atoms with van der Waals surface area (Å²) in [5.74, 6) is -0.409. The fourth-order valence-corrected chi connectivity index (χ4v) is 3.56. The first kappa shape index (κ1) is 20.9. The quantitative estimate of drug-likeness (QED) is 0.442. The second kappa shape index (κ2) is 10.1. The lowest BCUT2D eigenvalue weighted by molar-refractivity contribution is -0.116. The van der Waals surface area contributed by atoms with Crippen molar-refractivity contribution in [1.82, 2.24) is 5.32 Å². The molecule has 3 aromatic rings. The van der Waals surface area contributed by atoms with Gasteiger partial charge in [-0.25, -0.2) is 0 Å². The minimum Gasteiger partial charge on any atom is -0.348 e. The molecular formula is C23H19BrN2O2S. The third kappa shape index (κ3) is 6.34. The molecule has 0 aliphatic heterocycles. The number of carbonyl (C=O) groups is 2. The van der Waals surface area contributed by atoms with Crippen LogP contribution in [0.15, 0.2) is 99.7 Å². The Hall–Kier alpha value is -2.83. The summed E-state index contributed by atoms with van der Waals surface area (Å²) < 4.78 is 1.05. The van der Waals surface area contributed by atoms with Crippen molar-refractivity contribution in [2.24, 2.45) is 0 Å². The summed E-state index contributed by atoms with van der Waals surface area (Å²) in [6.07, 6.45) is 1.23. The Balaban J connectivity index is 1.56. The Morgan fingerprint density at radius 1 is 0.897 bits per heavy atom. The van der Waals surface area contributed by atoms with Crippen LogP contribution in [-0.2, 0) is 11.3 Å². The first-order valence-corrected chi connectivity index (χ1v) is 10.5. The van der Waals surface area contributed by atoms with Gasteiger partial charge in [0.1, 0.15) is 0 Å². The van der Waals surface area contributed by atoms with Crippen LogP contribution >= 0.6 is 27.7 Å². The van der Waals surface area contributed by atoms with Gasteiger partial charge in [-0.05, 0) is 72.3 Å². The first-order valence-electron chi connectivity index (χ1n) is 8.87. The third-order valence-corrected chi connectivity index (χ3v) is 5.57. The maximum absolute atomic E-state index is 12.4. The van der Waals surface area contributed by atoms with Gasteiger partial charge < -0.3 is 10.6 Å². The van der Waals surface area contributed by atoms with Crippen molar-refractivity contribution in [2.45, 2.75) is 16.3 Å². The molecule has 0 aliphatic rings. The topological polar surface area (TPSA) is 58.2 Å². The van der Waals surface area contributed by atoms with Gasteiger partial charge >= 0.3 is 0 Å². The number of rotatable bonds is 7. The molecule has 146 valence electrons. The fraction of sp³-hybridized carbons (Fsp3) is 0.0435. The maximum Gasteiger partial charge on any atom is 0.255 e. The van der Waals surface area contributed by atoms with Crippen LogP contribution in [0.25, 0.3) is 0 Å². The second-order valence-corrected chi connectivity index (χ2v) is 8.22. The molecule has 6 heteroatoms. The molecule has 3 aromatic carbocycles. The van der Waals surface area contributed by atoms with Crippen LogP contribution in [0, 0.1) is 0 Å². The van der Waals surface area contributed by atoms with Crippen molar-refractivity contribution >= 4 is 45.2 Å². The monoisotopic (exact) mass is 466 g/mol. The van der Waals surface area contributed by atoms with Crippen LogP contribution in [0.3, 0.4) is 0 Å². The summed E-state index contributed by atoms with van der Waals surface area (Å²) >= 11 is 5.09. The van der Waals surface area contributed by atoms with Gasteiger partial charge in [-0.1, -0.05) is 46.4 Å². The molecule has 0 fully saturated rings. The van der Waals surface area contributed by atoms with E-state index in [1.807, 2.05) is 48.5 Å². The highest BCUT2D eigenvalue weighted by molar-refractivity contribution is 9.10. The number of benzene rings is 3. The molecule has 0 unspecified atom stereocenters. The first-order chi connectivity index (χ1) is 14.0. The molecule has 29 heavy (non-hydrogen) atoms. The van der Waals surface area contributed by atoms with E-state index in [1.165, 1.54) is 6.08 Å². The zero-order valence-corrected chi connectivity index (χ0v) is 17.9. The van der Waals surface area contributed by atoms with Crippen molar-refractivity contribution in [2.75, 3.05) is 5.32 Å². The molecule has 0 atom stereocenters. The molecule has 0 radical (unpaired) electrons. The van der Waals surface area contributed by atoms with Gasteiger partial charge in [-0.3, -0.25) is 9.59 Å². The summed E-state index contributed by atoms with van der Waals surface area (Å²) in [4.78, 5) is 25.9. The Morgan fingerprint density at radius 3 is 2.07 bits per heavy atom. The number of amides is 2. The molecule has 4 nitrogen and oxygen atoms in total. The van der Waals surface area contributed by atoms with Crippen LogP contribution in [0.4, 0.5) is 5.69 Å². The highest BCUT2D eigenvalue weighted by atomic mass is 79.9. The maximum atomic E-state index is 12.4. The number of anilines is 1. The fourth-order valence-electron chi connectivity index (χ4n) is 2.48. The van der Waals surface area contributed by atoms with Gasteiger partial charge in [0.25, 0.3) is 5.91 Å². The SMILES string of the molecule is C=CC(=O)NCc1ccc(C(=O)Nc2ccc(Sc3ccc(Br)cc3)cc2)cc1. The van der Waals surface area contributed by atoms with E-state index in [1.54, 1.807) is 23.9 Å². The van der Waals surface area contributed by atoms with E-state index in [-0.39, 0.29) is 11.8 Å². The van der Waals surface area contributed by atoms with Gasteiger partial charge in [0.15, 0.2) is 0 Å². The Labute approximate surface area is 182 Å².